The Balaban J connectivity index is 1.96. The summed E-state index contributed by atoms with van der Waals surface area (Å²) in [7, 11) is 1.56. The molecule has 0 amide bonds. The lowest BCUT2D eigenvalue weighted by Crippen LogP contribution is -2.39. The lowest BCUT2D eigenvalue weighted by Gasteiger charge is -2.25. The largest absolute Gasteiger partial charge is 0.504 e. The molecule has 1 aliphatic rings. The molecule has 4 rings (SSSR count). The minimum absolute atomic E-state index is 0.0355. The maximum Gasteiger partial charge on any atom is 0.271 e. The van der Waals surface area contributed by atoms with Gasteiger partial charge in [0.05, 0.1) is 24.3 Å². The summed E-state index contributed by atoms with van der Waals surface area (Å²) >= 11 is 1.25. The Morgan fingerprint density at radius 2 is 2.00 bits per heavy atom. The zero-order valence-corrected chi connectivity index (χ0v) is 19.6. The fourth-order valence-electron chi connectivity index (χ4n) is 4.00. The number of aromatic hydroxyl groups is 1. The van der Waals surface area contributed by atoms with E-state index < -0.39 is 6.04 Å². The van der Waals surface area contributed by atoms with Gasteiger partial charge in [-0.05, 0) is 50.6 Å². The maximum atomic E-state index is 13.6. The number of para-hydroxylation sites is 1. The lowest BCUT2D eigenvalue weighted by atomic mass is 9.93. The normalized spacial score (nSPS) is 15.8. The Hall–Kier alpha value is -3.65. The Bertz CT molecular complexity index is 1450. The number of ketones is 1. The molecule has 0 bridgehead atoms. The van der Waals surface area contributed by atoms with E-state index in [-0.39, 0.29) is 17.1 Å². The number of methoxy groups -OCH3 is 1. The van der Waals surface area contributed by atoms with E-state index in [9.17, 15) is 14.7 Å². The predicted octanol–water partition coefficient (Wildman–Crippen LogP) is 2.94. The second-order valence-corrected chi connectivity index (χ2v) is 8.55. The average molecular weight is 465 g/mol. The monoisotopic (exact) mass is 464 g/mol. The Labute approximate surface area is 194 Å². The van der Waals surface area contributed by atoms with Gasteiger partial charge in [0.2, 0.25) is 0 Å². The van der Waals surface area contributed by atoms with Crippen molar-refractivity contribution < 1.29 is 19.4 Å². The number of allylic oxidation sites excluding steroid dienone is 2. The SMILES string of the molecule is CCOc1cc(/C=c2/sc3n(c2=O)C(c2ccccc2OC)C(C(C)=O)=C(C)N=3)ccc1O. The molecule has 170 valence electrons. The first-order chi connectivity index (χ1) is 15.8. The van der Waals surface area contributed by atoms with E-state index in [0.717, 1.165) is 5.56 Å². The molecule has 33 heavy (non-hydrogen) atoms. The first kappa shape index (κ1) is 22.5. The van der Waals surface area contributed by atoms with E-state index in [0.29, 0.717) is 44.3 Å². The average Bonchev–Trinajstić information content (AvgIpc) is 3.09. The zero-order chi connectivity index (χ0) is 23.7. The predicted molar refractivity (Wildman–Crippen MR) is 127 cm³/mol. The van der Waals surface area contributed by atoms with Gasteiger partial charge in [-0.1, -0.05) is 35.6 Å². The summed E-state index contributed by atoms with van der Waals surface area (Å²) in [5.41, 5.74) is 2.21. The molecule has 8 heteroatoms. The molecule has 0 spiro atoms. The number of Topliss-reactive ketones (excluding diaryl/α,β-unsaturated/α-hetero) is 1. The van der Waals surface area contributed by atoms with E-state index in [2.05, 4.69) is 4.99 Å². The van der Waals surface area contributed by atoms with Crippen LogP contribution >= 0.6 is 11.3 Å². The smallest absolute Gasteiger partial charge is 0.271 e. The Morgan fingerprint density at radius 1 is 1.24 bits per heavy atom. The van der Waals surface area contributed by atoms with Crippen LogP contribution in [-0.2, 0) is 4.79 Å². The summed E-state index contributed by atoms with van der Waals surface area (Å²) in [4.78, 5) is 31.3. The topological polar surface area (TPSA) is 90.1 Å². The zero-order valence-electron chi connectivity index (χ0n) is 18.8. The molecule has 1 aliphatic heterocycles. The van der Waals surface area contributed by atoms with Gasteiger partial charge in [0.25, 0.3) is 5.56 Å². The fraction of sp³-hybridized carbons (Fsp3) is 0.240. The third-order valence-corrected chi connectivity index (χ3v) is 6.40. The second kappa shape index (κ2) is 9.07. The highest BCUT2D eigenvalue weighted by atomic mass is 32.1. The first-order valence-electron chi connectivity index (χ1n) is 10.5. The molecule has 0 aliphatic carbocycles. The summed E-state index contributed by atoms with van der Waals surface area (Å²) < 4.78 is 13.0. The van der Waals surface area contributed by atoms with Crippen LogP contribution in [0.5, 0.6) is 17.2 Å². The van der Waals surface area contributed by atoms with Crippen LogP contribution < -0.4 is 24.4 Å². The molecule has 7 nitrogen and oxygen atoms in total. The van der Waals surface area contributed by atoms with Gasteiger partial charge in [-0.25, -0.2) is 4.99 Å². The van der Waals surface area contributed by atoms with Crippen molar-refractivity contribution in [1.29, 1.82) is 0 Å². The van der Waals surface area contributed by atoms with Gasteiger partial charge >= 0.3 is 0 Å². The number of rotatable bonds is 6. The summed E-state index contributed by atoms with van der Waals surface area (Å²) in [6.45, 7) is 5.50. The van der Waals surface area contributed by atoms with E-state index in [4.69, 9.17) is 9.47 Å². The van der Waals surface area contributed by atoms with Crippen molar-refractivity contribution in [2.75, 3.05) is 13.7 Å². The Morgan fingerprint density at radius 3 is 2.70 bits per heavy atom. The minimum atomic E-state index is -0.643. The standard InChI is InChI=1S/C25H24N2O5S/c1-5-32-20-12-16(10-11-18(20)29)13-21-24(30)27-23(17-8-6-7-9-19(17)31-4)22(15(3)28)14(2)26-25(27)33-21/h6-13,23,29H,5H2,1-4H3/b21-13+. The van der Waals surface area contributed by atoms with Crippen LogP contribution in [-0.4, -0.2) is 29.2 Å². The minimum Gasteiger partial charge on any atom is -0.504 e. The third kappa shape index (κ3) is 4.09. The molecule has 1 unspecified atom stereocenters. The number of fused-ring (bicyclic) bond motifs is 1. The number of benzene rings is 2. The van der Waals surface area contributed by atoms with Crippen molar-refractivity contribution in [2.24, 2.45) is 4.99 Å². The molecule has 0 saturated heterocycles. The van der Waals surface area contributed by atoms with Crippen LogP contribution in [0.4, 0.5) is 0 Å². The highest BCUT2D eigenvalue weighted by molar-refractivity contribution is 7.07. The van der Waals surface area contributed by atoms with E-state index >= 15 is 0 Å². The van der Waals surface area contributed by atoms with Crippen LogP contribution in [0.2, 0.25) is 0 Å². The first-order valence-corrected chi connectivity index (χ1v) is 11.3. The van der Waals surface area contributed by atoms with Gasteiger partial charge in [-0.15, -0.1) is 0 Å². The quantitative estimate of drug-likeness (QED) is 0.606. The number of phenolic OH excluding ortho intramolecular Hbond substituents is 1. The van der Waals surface area contributed by atoms with Crippen LogP contribution in [0.3, 0.4) is 0 Å². The Kier molecular flexibility index (Phi) is 6.20. The summed E-state index contributed by atoms with van der Waals surface area (Å²) in [5, 5.41) is 9.97. The third-order valence-electron chi connectivity index (χ3n) is 5.42. The molecule has 1 atom stereocenters. The second-order valence-electron chi connectivity index (χ2n) is 7.54. The summed E-state index contributed by atoms with van der Waals surface area (Å²) in [6.07, 6.45) is 1.73. The molecule has 0 fully saturated rings. The number of carbonyl (C=O) groups excluding carboxylic acids is 1. The van der Waals surface area contributed by atoms with Crippen molar-refractivity contribution in [3.05, 3.63) is 84.5 Å². The molecular formula is C25H24N2O5S. The van der Waals surface area contributed by atoms with E-state index in [1.54, 1.807) is 36.8 Å². The maximum absolute atomic E-state index is 13.6. The fourth-order valence-corrected chi connectivity index (χ4v) is 5.05. The number of phenols is 1. The number of aromatic nitrogens is 1. The van der Waals surface area contributed by atoms with Crippen LogP contribution in [0, 0.1) is 0 Å². The number of ether oxygens (including phenoxy) is 2. The van der Waals surface area contributed by atoms with Gasteiger partial charge in [0.1, 0.15) is 5.75 Å². The summed E-state index contributed by atoms with van der Waals surface area (Å²) in [6, 6.07) is 11.6. The molecule has 1 aromatic heterocycles. The van der Waals surface area contributed by atoms with Crippen LogP contribution in [0.25, 0.3) is 6.08 Å². The highest BCUT2D eigenvalue weighted by Gasteiger charge is 2.32. The molecule has 1 N–H and O–H groups in total. The molecular weight excluding hydrogens is 440 g/mol. The lowest BCUT2D eigenvalue weighted by molar-refractivity contribution is -0.114. The van der Waals surface area contributed by atoms with Gasteiger partial charge in [0.15, 0.2) is 22.1 Å². The number of thiazole rings is 1. The molecule has 2 heterocycles. The molecule has 0 radical (unpaired) electrons. The van der Waals surface area contributed by atoms with Gasteiger partial charge < -0.3 is 14.6 Å². The van der Waals surface area contributed by atoms with E-state index in [1.165, 1.54) is 24.3 Å². The molecule has 2 aromatic carbocycles. The number of nitrogens with zero attached hydrogens (tertiary/aromatic N) is 2. The van der Waals surface area contributed by atoms with Crippen molar-refractivity contribution >= 4 is 23.2 Å². The van der Waals surface area contributed by atoms with Gasteiger partial charge in [-0.3, -0.25) is 14.2 Å². The number of hydrogen-bond donors (Lipinski definition) is 1. The van der Waals surface area contributed by atoms with Crippen LogP contribution in [0.1, 0.15) is 37.9 Å². The molecule has 3 aromatic rings. The number of carbonyl (C=O) groups is 1. The molecule has 0 saturated carbocycles. The van der Waals surface area contributed by atoms with Gasteiger partial charge in [-0.2, -0.15) is 0 Å². The van der Waals surface area contributed by atoms with Crippen molar-refractivity contribution in [3.8, 4) is 17.2 Å². The van der Waals surface area contributed by atoms with Crippen LogP contribution in [0.15, 0.2) is 63.5 Å². The van der Waals surface area contributed by atoms with E-state index in [1.807, 2.05) is 31.2 Å². The van der Waals surface area contributed by atoms with Crippen molar-refractivity contribution in [1.82, 2.24) is 4.57 Å². The van der Waals surface area contributed by atoms with Gasteiger partial charge in [0, 0.05) is 16.8 Å². The van der Waals surface area contributed by atoms with Crippen molar-refractivity contribution in [3.63, 3.8) is 0 Å². The number of hydrogen-bond acceptors (Lipinski definition) is 7. The highest BCUT2D eigenvalue weighted by Crippen LogP contribution is 2.35. The summed E-state index contributed by atoms with van der Waals surface area (Å²) in [5.74, 6) is 0.820. The van der Waals surface area contributed by atoms with Crippen molar-refractivity contribution in [2.45, 2.75) is 26.8 Å².